The van der Waals surface area contributed by atoms with Gasteiger partial charge in [-0.25, -0.2) is 0 Å². The van der Waals surface area contributed by atoms with Crippen LogP contribution in [0.2, 0.25) is 0 Å². The molecule has 0 saturated heterocycles. The van der Waals surface area contributed by atoms with E-state index in [1.54, 1.807) is 12.6 Å². The molecule has 14 heavy (non-hydrogen) atoms. The molecule has 0 saturated carbocycles. The minimum atomic E-state index is -0.444. The maximum Gasteiger partial charge on any atom is 0.227 e. The predicted octanol–water partition coefficient (Wildman–Crippen LogP) is 0.722. The van der Waals surface area contributed by atoms with E-state index in [9.17, 15) is 4.79 Å². The molecule has 0 aromatic carbocycles. The zero-order valence-electron chi connectivity index (χ0n) is 8.50. The van der Waals surface area contributed by atoms with E-state index >= 15 is 0 Å². The number of anilines is 1. The largest absolute Gasteiger partial charge is 0.359 e. The number of carbonyl (C=O) groups excluding carboxylic acids is 1. The van der Waals surface area contributed by atoms with Gasteiger partial charge in [0.05, 0.1) is 5.41 Å². The molecule has 0 aliphatic heterocycles. The van der Waals surface area contributed by atoms with Crippen LogP contribution in [0.1, 0.15) is 13.8 Å². The van der Waals surface area contributed by atoms with Crippen LogP contribution in [0.4, 0.5) is 5.13 Å². The molecule has 5 nitrogen and oxygen atoms in total. The van der Waals surface area contributed by atoms with Gasteiger partial charge in [0.1, 0.15) is 5.51 Å². The minimum Gasteiger partial charge on any atom is -0.359 e. The van der Waals surface area contributed by atoms with E-state index in [1.165, 1.54) is 11.3 Å². The van der Waals surface area contributed by atoms with Crippen LogP contribution >= 0.6 is 11.3 Å². The molecule has 0 bridgehead atoms. The maximum atomic E-state index is 11.4. The lowest BCUT2D eigenvalue weighted by molar-refractivity contribution is -0.128. The number of rotatable bonds is 4. The van der Waals surface area contributed by atoms with E-state index in [4.69, 9.17) is 0 Å². The lowest BCUT2D eigenvalue weighted by Crippen LogP contribution is -2.39. The molecule has 1 aromatic rings. The second-order valence-corrected chi connectivity index (χ2v) is 4.39. The first-order valence-electron chi connectivity index (χ1n) is 4.28. The van der Waals surface area contributed by atoms with E-state index in [1.807, 2.05) is 13.8 Å². The molecule has 0 atom stereocenters. The Morgan fingerprint density at radius 2 is 2.36 bits per heavy atom. The molecule has 0 spiro atoms. The third-order valence-electron chi connectivity index (χ3n) is 1.88. The summed E-state index contributed by atoms with van der Waals surface area (Å²) in [6.45, 7) is 4.29. The second kappa shape index (κ2) is 4.36. The fourth-order valence-electron chi connectivity index (χ4n) is 0.965. The molecule has 0 unspecified atom stereocenters. The fraction of sp³-hybridized carbons (Fsp3) is 0.625. The summed E-state index contributed by atoms with van der Waals surface area (Å²) in [7, 11) is 1.63. The van der Waals surface area contributed by atoms with Crippen LogP contribution in [0.15, 0.2) is 5.51 Å². The van der Waals surface area contributed by atoms with Crippen molar-refractivity contribution in [3.63, 3.8) is 0 Å². The number of nitrogens with one attached hydrogen (secondary N) is 2. The molecule has 0 aliphatic rings. The first-order valence-corrected chi connectivity index (χ1v) is 5.16. The maximum absolute atomic E-state index is 11.4. The van der Waals surface area contributed by atoms with Crippen molar-refractivity contribution in [1.82, 2.24) is 15.5 Å². The van der Waals surface area contributed by atoms with Crippen LogP contribution in [0.5, 0.6) is 0 Å². The first kappa shape index (κ1) is 10.9. The van der Waals surface area contributed by atoms with Crippen LogP contribution in [0.3, 0.4) is 0 Å². The van der Waals surface area contributed by atoms with Crippen molar-refractivity contribution in [3.8, 4) is 0 Å². The smallest absolute Gasteiger partial charge is 0.227 e. The molecule has 1 aromatic heterocycles. The third kappa shape index (κ3) is 2.66. The highest BCUT2D eigenvalue weighted by Crippen LogP contribution is 2.17. The number of hydrogen-bond acceptors (Lipinski definition) is 5. The molecule has 1 heterocycles. The normalized spacial score (nSPS) is 11.1. The Balaban J connectivity index is 2.48. The number of hydrogen-bond donors (Lipinski definition) is 2. The predicted molar refractivity (Wildman–Crippen MR) is 56.2 cm³/mol. The van der Waals surface area contributed by atoms with Gasteiger partial charge in [-0.2, -0.15) is 0 Å². The quantitative estimate of drug-likeness (QED) is 0.775. The number of amides is 1. The van der Waals surface area contributed by atoms with E-state index in [0.717, 1.165) is 5.13 Å². The van der Waals surface area contributed by atoms with E-state index in [2.05, 4.69) is 20.8 Å². The summed E-state index contributed by atoms with van der Waals surface area (Å²) in [6, 6.07) is 0. The van der Waals surface area contributed by atoms with Crippen molar-refractivity contribution in [2.75, 3.05) is 18.9 Å². The molecule has 2 N–H and O–H groups in total. The van der Waals surface area contributed by atoms with Gasteiger partial charge in [0.25, 0.3) is 0 Å². The Labute approximate surface area is 86.9 Å². The average molecular weight is 214 g/mol. The molecule has 0 aliphatic carbocycles. The van der Waals surface area contributed by atoms with Crippen molar-refractivity contribution < 1.29 is 4.79 Å². The number of nitrogens with zero attached hydrogens (tertiary/aromatic N) is 2. The van der Waals surface area contributed by atoms with Gasteiger partial charge in [-0.3, -0.25) is 4.79 Å². The molecular weight excluding hydrogens is 200 g/mol. The summed E-state index contributed by atoms with van der Waals surface area (Å²) in [6.07, 6.45) is 0. The molecular formula is C8H14N4OS. The van der Waals surface area contributed by atoms with Crippen molar-refractivity contribution >= 4 is 22.4 Å². The van der Waals surface area contributed by atoms with Gasteiger partial charge in [-0.15, -0.1) is 10.2 Å². The summed E-state index contributed by atoms with van der Waals surface area (Å²) in [5.41, 5.74) is 1.20. The van der Waals surface area contributed by atoms with Crippen molar-refractivity contribution in [1.29, 1.82) is 0 Å². The minimum absolute atomic E-state index is 0.00881. The fourth-order valence-corrected chi connectivity index (χ4v) is 1.41. The Morgan fingerprint density at radius 1 is 1.64 bits per heavy atom. The standard InChI is InChI=1S/C8H14N4OS/c1-8(2,6(13)9-3)4-10-7-12-11-5-14-7/h5H,4H2,1-3H3,(H,9,13)(H,10,12). The van der Waals surface area contributed by atoms with Crippen molar-refractivity contribution in [3.05, 3.63) is 5.51 Å². The van der Waals surface area contributed by atoms with Crippen molar-refractivity contribution in [2.45, 2.75) is 13.8 Å². The van der Waals surface area contributed by atoms with Crippen LogP contribution in [-0.2, 0) is 4.79 Å². The Kier molecular flexibility index (Phi) is 3.40. The molecule has 1 rings (SSSR count). The number of carbonyl (C=O) groups is 1. The molecule has 0 radical (unpaired) electrons. The van der Waals surface area contributed by atoms with Crippen LogP contribution < -0.4 is 10.6 Å². The summed E-state index contributed by atoms with van der Waals surface area (Å²) in [5, 5.41) is 13.9. The summed E-state index contributed by atoms with van der Waals surface area (Å²) in [5.74, 6) is 0.00881. The molecule has 0 fully saturated rings. The van der Waals surface area contributed by atoms with Gasteiger partial charge < -0.3 is 10.6 Å². The van der Waals surface area contributed by atoms with Crippen LogP contribution in [0.25, 0.3) is 0 Å². The topological polar surface area (TPSA) is 66.9 Å². The second-order valence-electron chi connectivity index (χ2n) is 3.56. The lowest BCUT2D eigenvalue weighted by Gasteiger charge is -2.22. The zero-order chi connectivity index (χ0) is 10.6. The summed E-state index contributed by atoms with van der Waals surface area (Å²) < 4.78 is 0. The highest BCUT2D eigenvalue weighted by Gasteiger charge is 2.26. The first-order chi connectivity index (χ1) is 6.56. The molecule has 6 heteroatoms. The van der Waals surface area contributed by atoms with E-state index < -0.39 is 5.41 Å². The molecule has 1 amide bonds. The SMILES string of the molecule is CNC(=O)C(C)(C)CNc1nncs1. The van der Waals surface area contributed by atoms with Gasteiger partial charge in [-0.1, -0.05) is 11.3 Å². The van der Waals surface area contributed by atoms with E-state index in [0.29, 0.717) is 6.54 Å². The lowest BCUT2D eigenvalue weighted by atomic mass is 9.92. The number of aromatic nitrogens is 2. The Hall–Kier alpha value is -1.17. The van der Waals surface area contributed by atoms with Gasteiger partial charge in [0.2, 0.25) is 11.0 Å². The highest BCUT2D eigenvalue weighted by molar-refractivity contribution is 7.13. The van der Waals surface area contributed by atoms with Crippen LogP contribution in [-0.4, -0.2) is 29.7 Å². The Bertz CT molecular complexity index is 296. The summed E-state index contributed by atoms with van der Waals surface area (Å²) in [4.78, 5) is 11.4. The molecule has 78 valence electrons. The van der Waals surface area contributed by atoms with Gasteiger partial charge in [0, 0.05) is 13.6 Å². The Morgan fingerprint density at radius 3 is 2.86 bits per heavy atom. The van der Waals surface area contributed by atoms with Gasteiger partial charge >= 0.3 is 0 Å². The van der Waals surface area contributed by atoms with Gasteiger partial charge in [0.15, 0.2) is 0 Å². The highest BCUT2D eigenvalue weighted by atomic mass is 32.1. The monoisotopic (exact) mass is 214 g/mol. The van der Waals surface area contributed by atoms with E-state index in [-0.39, 0.29) is 5.91 Å². The average Bonchev–Trinajstić information content (AvgIpc) is 2.66. The van der Waals surface area contributed by atoms with Crippen molar-refractivity contribution in [2.24, 2.45) is 5.41 Å². The third-order valence-corrected chi connectivity index (χ3v) is 2.53. The van der Waals surface area contributed by atoms with Gasteiger partial charge in [-0.05, 0) is 13.8 Å². The zero-order valence-corrected chi connectivity index (χ0v) is 9.31. The van der Waals surface area contributed by atoms with Crippen LogP contribution in [0, 0.1) is 5.41 Å². The summed E-state index contributed by atoms with van der Waals surface area (Å²) >= 11 is 1.42.